The highest BCUT2D eigenvalue weighted by Crippen LogP contribution is 2.23. The number of hydrogen-bond acceptors (Lipinski definition) is 2. The Balaban J connectivity index is 2.26. The Morgan fingerprint density at radius 3 is 2.53 bits per heavy atom. The average Bonchev–Trinajstić information content (AvgIpc) is 2.29. The zero-order chi connectivity index (χ0) is 12.5. The van der Waals surface area contributed by atoms with Gasteiger partial charge in [-0.3, -0.25) is 0 Å². The lowest BCUT2D eigenvalue weighted by Crippen LogP contribution is -2.39. The van der Waals surface area contributed by atoms with Gasteiger partial charge in [-0.15, -0.1) is 0 Å². The van der Waals surface area contributed by atoms with E-state index in [4.69, 9.17) is 0 Å². The molecule has 0 N–H and O–H groups in total. The highest BCUT2D eigenvalue weighted by molar-refractivity contribution is 7.89. The Kier molecular flexibility index (Phi) is 3.49. The topological polar surface area (TPSA) is 37.4 Å². The molecule has 0 radical (unpaired) electrons. The molecule has 1 heterocycles. The van der Waals surface area contributed by atoms with Gasteiger partial charge in [-0.2, -0.15) is 4.31 Å². The summed E-state index contributed by atoms with van der Waals surface area (Å²) in [5.74, 6) is -0.0325. The first kappa shape index (κ1) is 12.5. The summed E-state index contributed by atoms with van der Waals surface area (Å²) in [5, 5.41) is 0. The van der Waals surface area contributed by atoms with Crippen LogP contribution in [0.5, 0.6) is 0 Å². The normalized spacial score (nSPS) is 22.6. The van der Waals surface area contributed by atoms with E-state index in [1.165, 1.54) is 28.6 Å². The van der Waals surface area contributed by atoms with Crippen molar-refractivity contribution in [2.75, 3.05) is 13.1 Å². The van der Waals surface area contributed by atoms with E-state index in [1.807, 2.05) is 6.92 Å². The SMILES string of the molecule is C[C@H]1CCCN(S(=O)(=O)c2ccc(F)cc2)C1. The Morgan fingerprint density at radius 1 is 1.29 bits per heavy atom. The molecule has 0 amide bonds. The molecule has 1 aliphatic rings. The zero-order valence-corrected chi connectivity index (χ0v) is 10.6. The van der Waals surface area contributed by atoms with Crippen molar-refractivity contribution in [1.29, 1.82) is 0 Å². The standard InChI is InChI=1S/C12H16FNO2S/c1-10-3-2-8-14(9-10)17(15,16)12-6-4-11(13)5-7-12/h4-7,10H,2-3,8-9H2,1H3/t10-/m0/s1. The maximum atomic E-state index is 12.8. The van der Waals surface area contributed by atoms with E-state index in [1.54, 1.807) is 0 Å². The van der Waals surface area contributed by atoms with Crippen molar-refractivity contribution in [2.45, 2.75) is 24.7 Å². The van der Waals surface area contributed by atoms with Crippen molar-refractivity contribution in [3.63, 3.8) is 0 Å². The van der Waals surface area contributed by atoms with E-state index in [0.717, 1.165) is 12.8 Å². The second-order valence-electron chi connectivity index (χ2n) is 4.56. The molecule has 1 saturated heterocycles. The number of nitrogens with zero attached hydrogens (tertiary/aromatic N) is 1. The van der Waals surface area contributed by atoms with E-state index < -0.39 is 15.8 Å². The summed E-state index contributed by atoms with van der Waals surface area (Å²) in [6.45, 7) is 3.16. The van der Waals surface area contributed by atoms with Crippen molar-refractivity contribution in [3.05, 3.63) is 30.1 Å². The molecule has 1 atom stereocenters. The van der Waals surface area contributed by atoms with Crippen molar-refractivity contribution in [3.8, 4) is 0 Å². The van der Waals surface area contributed by atoms with Crippen LogP contribution in [-0.4, -0.2) is 25.8 Å². The Bertz CT molecular complexity index is 484. The lowest BCUT2D eigenvalue weighted by Gasteiger charge is -2.29. The highest BCUT2D eigenvalue weighted by atomic mass is 32.2. The van der Waals surface area contributed by atoms with E-state index in [0.29, 0.717) is 19.0 Å². The first-order valence-electron chi connectivity index (χ1n) is 5.76. The third kappa shape index (κ3) is 2.66. The van der Waals surface area contributed by atoms with Gasteiger partial charge in [0.25, 0.3) is 0 Å². The minimum Gasteiger partial charge on any atom is -0.207 e. The van der Waals surface area contributed by atoms with Gasteiger partial charge in [0.05, 0.1) is 4.90 Å². The summed E-state index contributed by atoms with van der Waals surface area (Å²) in [5.41, 5.74) is 0. The van der Waals surface area contributed by atoms with Crippen LogP contribution in [0.2, 0.25) is 0 Å². The molecule has 0 bridgehead atoms. The molecule has 2 rings (SSSR count). The first-order valence-corrected chi connectivity index (χ1v) is 7.20. The molecule has 94 valence electrons. The summed E-state index contributed by atoms with van der Waals surface area (Å²) in [6, 6.07) is 5.01. The summed E-state index contributed by atoms with van der Waals surface area (Å²) < 4.78 is 38.8. The van der Waals surface area contributed by atoms with Crippen LogP contribution < -0.4 is 0 Å². The molecular weight excluding hydrogens is 241 g/mol. The molecule has 0 unspecified atom stereocenters. The van der Waals surface area contributed by atoms with E-state index >= 15 is 0 Å². The lowest BCUT2D eigenvalue weighted by atomic mass is 10.0. The molecule has 3 nitrogen and oxygen atoms in total. The number of sulfonamides is 1. The van der Waals surface area contributed by atoms with Gasteiger partial charge in [0.2, 0.25) is 10.0 Å². The maximum Gasteiger partial charge on any atom is 0.243 e. The van der Waals surface area contributed by atoms with E-state index in [-0.39, 0.29) is 4.90 Å². The second kappa shape index (κ2) is 4.74. The van der Waals surface area contributed by atoms with Crippen LogP contribution in [0.3, 0.4) is 0 Å². The maximum absolute atomic E-state index is 12.8. The van der Waals surface area contributed by atoms with Crippen LogP contribution in [0, 0.1) is 11.7 Å². The molecule has 0 saturated carbocycles. The number of hydrogen-bond donors (Lipinski definition) is 0. The molecule has 0 aromatic heterocycles. The Hall–Kier alpha value is -0.940. The van der Waals surface area contributed by atoms with Crippen LogP contribution in [0.1, 0.15) is 19.8 Å². The van der Waals surface area contributed by atoms with Crippen LogP contribution in [0.15, 0.2) is 29.2 Å². The number of rotatable bonds is 2. The van der Waals surface area contributed by atoms with Crippen molar-refractivity contribution in [2.24, 2.45) is 5.92 Å². The van der Waals surface area contributed by atoms with Gasteiger partial charge in [0.15, 0.2) is 0 Å². The summed E-state index contributed by atoms with van der Waals surface area (Å²) in [4.78, 5) is 0.174. The van der Waals surface area contributed by atoms with E-state index in [2.05, 4.69) is 0 Å². The van der Waals surface area contributed by atoms with Gasteiger partial charge in [-0.05, 0) is 43.0 Å². The second-order valence-corrected chi connectivity index (χ2v) is 6.50. The molecule has 0 spiro atoms. The van der Waals surface area contributed by atoms with Crippen molar-refractivity contribution < 1.29 is 12.8 Å². The molecule has 1 aromatic rings. The Morgan fingerprint density at radius 2 is 1.94 bits per heavy atom. The van der Waals surface area contributed by atoms with Crippen LogP contribution >= 0.6 is 0 Å². The van der Waals surface area contributed by atoms with Gasteiger partial charge in [0.1, 0.15) is 5.82 Å². The number of piperidine rings is 1. The Labute approximate surface area is 101 Å². The minimum atomic E-state index is -3.45. The van der Waals surface area contributed by atoms with Gasteiger partial charge < -0.3 is 0 Å². The first-order chi connectivity index (χ1) is 8.00. The number of halogens is 1. The third-order valence-corrected chi connectivity index (χ3v) is 4.95. The fourth-order valence-corrected chi connectivity index (χ4v) is 3.72. The monoisotopic (exact) mass is 257 g/mol. The van der Waals surface area contributed by atoms with Crippen LogP contribution in [0.25, 0.3) is 0 Å². The molecular formula is C12H16FNO2S. The van der Waals surface area contributed by atoms with Crippen LogP contribution in [0.4, 0.5) is 4.39 Å². The highest BCUT2D eigenvalue weighted by Gasteiger charge is 2.28. The van der Waals surface area contributed by atoms with Gasteiger partial charge >= 0.3 is 0 Å². The molecule has 1 fully saturated rings. The van der Waals surface area contributed by atoms with Crippen molar-refractivity contribution >= 4 is 10.0 Å². The third-order valence-electron chi connectivity index (χ3n) is 3.07. The zero-order valence-electron chi connectivity index (χ0n) is 9.77. The predicted molar refractivity (Wildman–Crippen MR) is 63.6 cm³/mol. The number of benzene rings is 1. The summed E-state index contributed by atoms with van der Waals surface area (Å²) >= 11 is 0. The predicted octanol–water partition coefficient (Wildman–Crippen LogP) is 2.25. The largest absolute Gasteiger partial charge is 0.243 e. The fraction of sp³-hybridized carbons (Fsp3) is 0.500. The van der Waals surface area contributed by atoms with Gasteiger partial charge in [-0.1, -0.05) is 6.92 Å². The van der Waals surface area contributed by atoms with Crippen LogP contribution in [-0.2, 0) is 10.0 Å². The van der Waals surface area contributed by atoms with Gasteiger partial charge in [-0.25, -0.2) is 12.8 Å². The summed E-state index contributed by atoms with van der Waals surface area (Å²) in [7, 11) is -3.45. The molecule has 1 aromatic carbocycles. The lowest BCUT2D eigenvalue weighted by molar-refractivity contribution is 0.281. The molecule has 17 heavy (non-hydrogen) atoms. The fourth-order valence-electron chi connectivity index (χ4n) is 2.12. The summed E-state index contributed by atoms with van der Waals surface area (Å²) in [6.07, 6.45) is 1.96. The molecule has 1 aliphatic heterocycles. The quantitative estimate of drug-likeness (QED) is 0.815. The minimum absolute atomic E-state index is 0.174. The smallest absolute Gasteiger partial charge is 0.207 e. The molecule has 5 heteroatoms. The van der Waals surface area contributed by atoms with E-state index in [9.17, 15) is 12.8 Å². The average molecular weight is 257 g/mol. The molecule has 0 aliphatic carbocycles. The van der Waals surface area contributed by atoms with Gasteiger partial charge in [0, 0.05) is 13.1 Å². The van der Waals surface area contributed by atoms with Crippen molar-refractivity contribution in [1.82, 2.24) is 4.31 Å².